The highest BCUT2D eigenvalue weighted by Crippen LogP contribution is 2.15. The van der Waals surface area contributed by atoms with Gasteiger partial charge in [-0.05, 0) is 21.0 Å². The second-order valence-corrected chi connectivity index (χ2v) is 4.33. The topological polar surface area (TPSA) is 54.7 Å². The lowest BCUT2D eigenvalue weighted by Crippen LogP contribution is -2.23. The van der Waals surface area contributed by atoms with Crippen molar-refractivity contribution in [2.45, 2.75) is 20.0 Å². The molecule has 5 heteroatoms. The first kappa shape index (κ1) is 13.7. The molecule has 0 bridgehead atoms. The van der Waals surface area contributed by atoms with Gasteiger partial charge in [0.05, 0.1) is 12.3 Å². The fraction of sp³-hybridized carbons (Fsp3) is 0.583. The van der Waals surface area contributed by atoms with E-state index in [-0.39, 0.29) is 11.2 Å². The van der Waals surface area contributed by atoms with Crippen LogP contribution in [0.25, 0.3) is 0 Å². The largest absolute Gasteiger partial charge is 0.503 e. The maximum Gasteiger partial charge on any atom is 0.223 e. The first-order valence-electron chi connectivity index (χ1n) is 5.53. The molecule has 0 fully saturated rings. The van der Waals surface area contributed by atoms with Crippen molar-refractivity contribution in [3.63, 3.8) is 0 Å². The molecule has 5 nitrogen and oxygen atoms in total. The molecule has 1 aromatic rings. The highest BCUT2D eigenvalue weighted by Gasteiger charge is 2.13. The van der Waals surface area contributed by atoms with Crippen molar-refractivity contribution in [1.82, 2.24) is 9.47 Å². The van der Waals surface area contributed by atoms with Gasteiger partial charge in [-0.2, -0.15) is 0 Å². The van der Waals surface area contributed by atoms with Crippen LogP contribution in [-0.2, 0) is 17.8 Å². The zero-order chi connectivity index (χ0) is 13.0. The quantitative estimate of drug-likeness (QED) is 0.817. The molecular weight excluding hydrogens is 220 g/mol. The number of hydrogen-bond donors (Lipinski definition) is 1. The van der Waals surface area contributed by atoms with Crippen molar-refractivity contribution in [1.29, 1.82) is 0 Å². The standard InChI is InChI=1S/C12H20N2O3/c1-9-7-11(15)12(16)10(8-13(2)3)14(9)5-6-17-4/h7,16H,5-6,8H2,1-4H3. The highest BCUT2D eigenvalue weighted by molar-refractivity contribution is 5.29. The third-order valence-corrected chi connectivity index (χ3v) is 2.58. The van der Waals surface area contributed by atoms with Crippen LogP contribution in [0.2, 0.25) is 0 Å². The number of aryl methyl sites for hydroxylation is 1. The summed E-state index contributed by atoms with van der Waals surface area (Å²) in [6.07, 6.45) is 0. The lowest BCUT2D eigenvalue weighted by Gasteiger charge is -2.20. The minimum Gasteiger partial charge on any atom is -0.503 e. The molecule has 1 heterocycles. The van der Waals surface area contributed by atoms with Gasteiger partial charge >= 0.3 is 0 Å². The zero-order valence-electron chi connectivity index (χ0n) is 10.9. The van der Waals surface area contributed by atoms with E-state index in [9.17, 15) is 9.90 Å². The molecule has 1 rings (SSSR count). The molecule has 0 unspecified atom stereocenters. The van der Waals surface area contributed by atoms with E-state index < -0.39 is 0 Å². The van der Waals surface area contributed by atoms with Crippen LogP contribution in [-0.4, -0.2) is 42.4 Å². The molecule has 0 aliphatic heterocycles. The molecular formula is C12H20N2O3. The van der Waals surface area contributed by atoms with E-state index in [1.807, 2.05) is 30.5 Å². The minimum atomic E-state index is -0.326. The van der Waals surface area contributed by atoms with E-state index in [1.165, 1.54) is 6.07 Å². The summed E-state index contributed by atoms with van der Waals surface area (Å²) < 4.78 is 6.95. The van der Waals surface area contributed by atoms with E-state index in [0.29, 0.717) is 25.4 Å². The molecule has 1 aromatic heterocycles. The lowest BCUT2D eigenvalue weighted by molar-refractivity contribution is 0.184. The Morgan fingerprint density at radius 1 is 1.47 bits per heavy atom. The van der Waals surface area contributed by atoms with Crippen molar-refractivity contribution in [3.8, 4) is 5.75 Å². The predicted octanol–water partition coefficient (Wildman–Crippen LogP) is 0.570. The molecule has 96 valence electrons. The molecule has 0 saturated carbocycles. The lowest BCUT2D eigenvalue weighted by atomic mass is 10.2. The van der Waals surface area contributed by atoms with E-state index in [0.717, 1.165) is 5.69 Å². The Morgan fingerprint density at radius 3 is 2.65 bits per heavy atom. The van der Waals surface area contributed by atoms with E-state index in [4.69, 9.17) is 4.74 Å². The molecule has 17 heavy (non-hydrogen) atoms. The van der Waals surface area contributed by atoms with Gasteiger partial charge in [-0.3, -0.25) is 4.79 Å². The number of hydrogen-bond acceptors (Lipinski definition) is 4. The van der Waals surface area contributed by atoms with Crippen molar-refractivity contribution in [3.05, 3.63) is 27.7 Å². The normalized spacial score (nSPS) is 11.1. The molecule has 0 saturated heterocycles. The number of aromatic hydroxyl groups is 1. The summed E-state index contributed by atoms with van der Waals surface area (Å²) in [5.74, 6) is -0.166. The third-order valence-electron chi connectivity index (χ3n) is 2.58. The van der Waals surface area contributed by atoms with Crippen molar-refractivity contribution in [2.75, 3.05) is 27.8 Å². The van der Waals surface area contributed by atoms with Gasteiger partial charge in [0.2, 0.25) is 5.43 Å². The van der Waals surface area contributed by atoms with Crippen LogP contribution in [0.3, 0.4) is 0 Å². The third kappa shape index (κ3) is 3.31. The van der Waals surface area contributed by atoms with Crippen LogP contribution in [0.1, 0.15) is 11.4 Å². The second kappa shape index (κ2) is 5.84. The number of aromatic nitrogens is 1. The van der Waals surface area contributed by atoms with Gasteiger partial charge in [-0.25, -0.2) is 0 Å². The van der Waals surface area contributed by atoms with Gasteiger partial charge in [0.25, 0.3) is 0 Å². The summed E-state index contributed by atoms with van der Waals surface area (Å²) in [4.78, 5) is 13.5. The summed E-state index contributed by atoms with van der Waals surface area (Å²) in [5, 5.41) is 9.85. The molecule has 0 aliphatic rings. The van der Waals surface area contributed by atoms with Crippen LogP contribution in [0.5, 0.6) is 5.75 Å². The summed E-state index contributed by atoms with van der Waals surface area (Å²) in [6.45, 7) is 3.55. The van der Waals surface area contributed by atoms with Gasteiger partial charge in [0.1, 0.15) is 0 Å². The molecule has 0 aliphatic carbocycles. The van der Waals surface area contributed by atoms with Crippen LogP contribution in [0, 0.1) is 6.92 Å². The summed E-state index contributed by atoms with van der Waals surface area (Å²) in [5.41, 5.74) is 1.15. The van der Waals surface area contributed by atoms with Crippen molar-refractivity contribution >= 4 is 0 Å². The number of nitrogens with zero attached hydrogens (tertiary/aromatic N) is 2. The second-order valence-electron chi connectivity index (χ2n) is 4.33. The number of methoxy groups -OCH3 is 1. The monoisotopic (exact) mass is 240 g/mol. The molecule has 0 radical (unpaired) electrons. The maximum atomic E-state index is 11.6. The highest BCUT2D eigenvalue weighted by atomic mass is 16.5. The van der Waals surface area contributed by atoms with E-state index in [2.05, 4.69) is 0 Å². The smallest absolute Gasteiger partial charge is 0.223 e. The fourth-order valence-corrected chi connectivity index (χ4v) is 1.77. The average molecular weight is 240 g/mol. The van der Waals surface area contributed by atoms with E-state index >= 15 is 0 Å². The predicted molar refractivity (Wildman–Crippen MR) is 66.4 cm³/mol. The first-order valence-corrected chi connectivity index (χ1v) is 5.53. The Bertz CT molecular complexity index is 438. The SMILES string of the molecule is COCCn1c(C)cc(=O)c(O)c1CN(C)C. The average Bonchev–Trinajstić information content (AvgIpc) is 2.24. The molecule has 1 N–H and O–H groups in total. The van der Waals surface area contributed by atoms with Gasteiger partial charge in [0, 0.05) is 32.0 Å². The molecule has 0 aromatic carbocycles. The molecule has 0 spiro atoms. The number of ether oxygens (including phenoxy) is 1. The minimum absolute atomic E-state index is 0.166. The van der Waals surface area contributed by atoms with Crippen LogP contribution in [0.15, 0.2) is 10.9 Å². The van der Waals surface area contributed by atoms with Gasteiger partial charge in [-0.15, -0.1) is 0 Å². The number of pyridine rings is 1. The fourth-order valence-electron chi connectivity index (χ4n) is 1.77. The summed E-state index contributed by atoms with van der Waals surface area (Å²) in [7, 11) is 5.42. The van der Waals surface area contributed by atoms with Gasteiger partial charge in [-0.1, -0.05) is 0 Å². The Balaban J connectivity index is 3.23. The first-order chi connectivity index (χ1) is 7.97. The molecule has 0 atom stereocenters. The number of rotatable bonds is 5. The van der Waals surface area contributed by atoms with Crippen LogP contribution >= 0.6 is 0 Å². The Hall–Kier alpha value is -1.33. The Kier molecular flexibility index (Phi) is 4.72. The Labute approximate surface area is 101 Å². The summed E-state index contributed by atoms with van der Waals surface area (Å²) >= 11 is 0. The Morgan fingerprint density at radius 2 is 2.12 bits per heavy atom. The van der Waals surface area contributed by atoms with Crippen molar-refractivity contribution in [2.24, 2.45) is 0 Å². The summed E-state index contributed by atoms with van der Waals surface area (Å²) in [6, 6.07) is 1.45. The van der Waals surface area contributed by atoms with Crippen LogP contribution < -0.4 is 5.43 Å². The van der Waals surface area contributed by atoms with Gasteiger partial charge < -0.3 is 19.3 Å². The van der Waals surface area contributed by atoms with E-state index in [1.54, 1.807) is 7.11 Å². The molecule has 0 amide bonds. The van der Waals surface area contributed by atoms with Crippen LogP contribution in [0.4, 0.5) is 0 Å². The maximum absolute atomic E-state index is 11.6. The van der Waals surface area contributed by atoms with Crippen molar-refractivity contribution < 1.29 is 9.84 Å². The zero-order valence-corrected chi connectivity index (χ0v) is 10.9. The van der Waals surface area contributed by atoms with Gasteiger partial charge in [0.15, 0.2) is 5.75 Å².